The van der Waals surface area contributed by atoms with E-state index in [1.54, 1.807) is 0 Å². The Morgan fingerprint density at radius 2 is 1.95 bits per heavy atom. The van der Waals surface area contributed by atoms with Crippen molar-refractivity contribution in [2.24, 2.45) is 11.7 Å². The maximum Gasteiger partial charge on any atom is 0.242 e. The van der Waals surface area contributed by atoms with Crippen molar-refractivity contribution in [1.29, 1.82) is 0 Å². The van der Waals surface area contributed by atoms with Crippen molar-refractivity contribution in [2.45, 2.75) is 24.8 Å². The molecule has 3 N–H and O–H groups in total. The number of halogens is 1. The lowest BCUT2D eigenvalue weighted by molar-refractivity contribution is -0.132. The van der Waals surface area contributed by atoms with Crippen molar-refractivity contribution in [2.75, 3.05) is 26.2 Å². The molecule has 1 amide bonds. The summed E-state index contributed by atoms with van der Waals surface area (Å²) in [5.74, 6) is 0.100. The predicted molar refractivity (Wildman–Crippen MR) is 84.1 cm³/mol. The molecule has 1 saturated carbocycles. The minimum atomic E-state index is -0.670. The molecule has 1 unspecified atom stereocenters. The van der Waals surface area contributed by atoms with Crippen LogP contribution in [0.5, 0.6) is 0 Å². The highest BCUT2D eigenvalue weighted by atomic mass is 35.5. The number of benzene rings is 1. The third-order valence-corrected chi connectivity index (χ3v) is 4.92. The highest BCUT2D eigenvalue weighted by molar-refractivity contribution is 6.30. The van der Waals surface area contributed by atoms with Crippen molar-refractivity contribution in [3.8, 4) is 0 Å². The number of nitrogens with two attached hydrogens (primary N) is 1. The molecule has 0 radical (unpaired) electrons. The number of carbonyl (C=O) groups excluding carboxylic acids is 1. The zero-order valence-corrected chi connectivity index (χ0v) is 12.9. The summed E-state index contributed by atoms with van der Waals surface area (Å²) in [6.07, 6.45) is 3.17. The van der Waals surface area contributed by atoms with Gasteiger partial charge in [-0.1, -0.05) is 23.7 Å². The van der Waals surface area contributed by atoms with Crippen LogP contribution >= 0.6 is 11.6 Å². The van der Waals surface area contributed by atoms with Crippen LogP contribution in [0.25, 0.3) is 0 Å². The van der Waals surface area contributed by atoms with Gasteiger partial charge in [0, 0.05) is 24.7 Å². The zero-order chi connectivity index (χ0) is 14.9. The van der Waals surface area contributed by atoms with Gasteiger partial charge in [-0.2, -0.15) is 0 Å². The maximum atomic E-state index is 12.5. The van der Waals surface area contributed by atoms with Gasteiger partial charge in [0.15, 0.2) is 0 Å². The molecule has 1 atom stereocenters. The third kappa shape index (κ3) is 2.68. The lowest BCUT2D eigenvalue weighted by Gasteiger charge is -2.42. The molecule has 1 aromatic carbocycles. The Balaban J connectivity index is 2.04. The number of nitrogens with zero attached hydrogens (tertiary/aromatic N) is 1. The third-order valence-electron chi connectivity index (χ3n) is 4.67. The summed E-state index contributed by atoms with van der Waals surface area (Å²) in [4.78, 5) is 14.8. The SMILES string of the molecule is NC(=O)C(c1ccc(Cl)cc1)(C1CC1)N1CCCNCC1. The van der Waals surface area contributed by atoms with Crippen LogP contribution in [-0.2, 0) is 10.3 Å². The molecule has 1 aliphatic heterocycles. The molecule has 1 aliphatic carbocycles. The monoisotopic (exact) mass is 307 g/mol. The summed E-state index contributed by atoms with van der Waals surface area (Å²) >= 11 is 6.01. The van der Waals surface area contributed by atoms with Crippen LogP contribution in [0.2, 0.25) is 5.02 Å². The second kappa shape index (κ2) is 5.95. The molecule has 1 heterocycles. The van der Waals surface area contributed by atoms with E-state index in [9.17, 15) is 4.79 Å². The van der Waals surface area contributed by atoms with Gasteiger partial charge < -0.3 is 11.1 Å². The smallest absolute Gasteiger partial charge is 0.242 e. The summed E-state index contributed by atoms with van der Waals surface area (Å²) in [6.45, 7) is 3.64. The quantitative estimate of drug-likeness (QED) is 0.890. The van der Waals surface area contributed by atoms with Crippen LogP contribution in [0, 0.1) is 5.92 Å². The fourth-order valence-corrected chi connectivity index (χ4v) is 3.71. The van der Waals surface area contributed by atoms with E-state index < -0.39 is 5.54 Å². The number of hydrogen-bond acceptors (Lipinski definition) is 3. The molecule has 114 valence electrons. The van der Waals surface area contributed by atoms with E-state index in [0.29, 0.717) is 10.9 Å². The molecule has 0 spiro atoms. The Labute approximate surface area is 130 Å². The Kier molecular flexibility index (Phi) is 4.20. The lowest BCUT2D eigenvalue weighted by atomic mass is 9.82. The van der Waals surface area contributed by atoms with Crippen molar-refractivity contribution < 1.29 is 4.79 Å². The van der Waals surface area contributed by atoms with Gasteiger partial charge in [0.25, 0.3) is 0 Å². The van der Waals surface area contributed by atoms with Gasteiger partial charge in [0.1, 0.15) is 5.54 Å². The van der Waals surface area contributed by atoms with Crippen LogP contribution < -0.4 is 11.1 Å². The fourth-order valence-electron chi connectivity index (χ4n) is 3.58. The summed E-state index contributed by atoms with van der Waals surface area (Å²) in [6, 6.07) is 7.63. The molecule has 1 saturated heterocycles. The van der Waals surface area contributed by atoms with Crippen LogP contribution in [-0.4, -0.2) is 37.0 Å². The number of nitrogens with one attached hydrogen (secondary N) is 1. The Bertz CT molecular complexity index is 507. The van der Waals surface area contributed by atoms with Gasteiger partial charge >= 0.3 is 0 Å². The number of primary amides is 1. The largest absolute Gasteiger partial charge is 0.368 e. The topological polar surface area (TPSA) is 58.4 Å². The van der Waals surface area contributed by atoms with E-state index in [2.05, 4.69) is 10.2 Å². The molecule has 4 nitrogen and oxygen atoms in total. The number of rotatable bonds is 4. The van der Waals surface area contributed by atoms with Gasteiger partial charge in [-0.15, -0.1) is 0 Å². The van der Waals surface area contributed by atoms with E-state index in [1.165, 1.54) is 0 Å². The second-order valence-electron chi connectivity index (χ2n) is 6.00. The molecule has 0 bridgehead atoms. The highest BCUT2D eigenvalue weighted by Gasteiger charge is 2.54. The Morgan fingerprint density at radius 1 is 1.24 bits per heavy atom. The van der Waals surface area contributed by atoms with Crippen molar-refractivity contribution in [3.05, 3.63) is 34.9 Å². The summed E-state index contributed by atoms with van der Waals surface area (Å²) in [7, 11) is 0. The van der Waals surface area contributed by atoms with Crippen molar-refractivity contribution in [1.82, 2.24) is 10.2 Å². The average Bonchev–Trinajstić information content (AvgIpc) is 3.29. The molecule has 2 fully saturated rings. The van der Waals surface area contributed by atoms with Crippen LogP contribution in [0.3, 0.4) is 0 Å². The van der Waals surface area contributed by atoms with Crippen LogP contribution in [0.15, 0.2) is 24.3 Å². The molecule has 0 aromatic heterocycles. The van der Waals surface area contributed by atoms with E-state index in [0.717, 1.165) is 51.0 Å². The van der Waals surface area contributed by atoms with E-state index in [4.69, 9.17) is 17.3 Å². The van der Waals surface area contributed by atoms with Crippen molar-refractivity contribution >= 4 is 17.5 Å². The first-order valence-electron chi connectivity index (χ1n) is 7.67. The molecule has 3 rings (SSSR count). The average molecular weight is 308 g/mol. The van der Waals surface area contributed by atoms with E-state index in [1.807, 2.05) is 24.3 Å². The van der Waals surface area contributed by atoms with E-state index >= 15 is 0 Å². The van der Waals surface area contributed by atoms with Gasteiger partial charge in [0.05, 0.1) is 0 Å². The Hall–Kier alpha value is -1.10. The second-order valence-corrected chi connectivity index (χ2v) is 6.44. The van der Waals surface area contributed by atoms with E-state index in [-0.39, 0.29) is 5.91 Å². The zero-order valence-electron chi connectivity index (χ0n) is 12.1. The Morgan fingerprint density at radius 3 is 2.57 bits per heavy atom. The predicted octanol–water partition coefficient (Wildman–Crippen LogP) is 1.73. The lowest BCUT2D eigenvalue weighted by Crippen LogP contribution is -2.57. The fraction of sp³-hybridized carbons (Fsp3) is 0.562. The molecule has 2 aliphatic rings. The normalized spacial score (nSPS) is 23.3. The summed E-state index contributed by atoms with van der Waals surface area (Å²) in [5, 5.41) is 4.08. The number of hydrogen-bond donors (Lipinski definition) is 2. The van der Waals surface area contributed by atoms with Gasteiger partial charge in [0.2, 0.25) is 5.91 Å². The summed E-state index contributed by atoms with van der Waals surface area (Å²) < 4.78 is 0. The summed E-state index contributed by atoms with van der Waals surface area (Å²) in [5.41, 5.74) is 6.25. The van der Waals surface area contributed by atoms with Gasteiger partial charge in [-0.3, -0.25) is 9.69 Å². The van der Waals surface area contributed by atoms with Crippen LogP contribution in [0.4, 0.5) is 0 Å². The standard InChI is InChI=1S/C16H22ClN3O/c17-14-6-4-13(5-7-14)16(15(18)21,12-2-3-12)20-10-1-8-19-9-11-20/h4-7,12,19H,1-3,8-11H2,(H2,18,21). The minimum Gasteiger partial charge on any atom is -0.368 e. The van der Waals surface area contributed by atoms with Gasteiger partial charge in [-0.25, -0.2) is 0 Å². The minimum absolute atomic E-state index is 0.228. The highest BCUT2D eigenvalue weighted by Crippen LogP contribution is 2.49. The molecular weight excluding hydrogens is 286 g/mol. The number of carbonyl (C=O) groups is 1. The van der Waals surface area contributed by atoms with Gasteiger partial charge in [-0.05, 0) is 49.4 Å². The molecule has 21 heavy (non-hydrogen) atoms. The number of amides is 1. The molecule has 1 aromatic rings. The first-order chi connectivity index (χ1) is 10.2. The van der Waals surface area contributed by atoms with Crippen LogP contribution in [0.1, 0.15) is 24.8 Å². The first-order valence-corrected chi connectivity index (χ1v) is 8.05. The molecular formula is C16H22ClN3O. The van der Waals surface area contributed by atoms with Crippen molar-refractivity contribution in [3.63, 3.8) is 0 Å². The maximum absolute atomic E-state index is 12.5. The molecule has 5 heteroatoms. The first kappa shape index (κ1) is 14.8.